The van der Waals surface area contributed by atoms with E-state index in [1.165, 1.54) is 17.8 Å². The van der Waals surface area contributed by atoms with Gasteiger partial charge in [0.25, 0.3) is 0 Å². The fourth-order valence-corrected chi connectivity index (χ4v) is 2.58. The Morgan fingerprint density at radius 3 is 2.70 bits per heavy atom. The number of halogens is 1. The minimum atomic E-state index is -0.297. The summed E-state index contributed by atoms with van der Waals surface area (Å²) in [5.74, 6) is 1.41. The fourth-order valence-electron chi connectivity index (χ4n) is 1.70. The maximum atomic E-state index is 13.4. The molecule has 1 aromatic carbocycles. The molecule has 0 aliphatic carbocycles. The summed E-state index contributed by atoms with van der Waals surface area (Å²) in [4.78, 5) is 14.0. The van der Waals surface area contributed by atoms with Crippen molar-refractivity contribution < 1.29 is 13.6 Å². The van der Waals surface area contributed by atoms with Gasteiger partial charge in [-0.2, -0.15) is 0 Å². The molecule has 5 heteroatoms. The minimum absolute atomic E-state index is 0.0627. The van der Waals surface area contributed by atoms with Crippen LogP contribution in [0.5, 0.6) is 0 Å². The second-order valence-electron chi connectivity index (χ2n) is 4.48. The van der Waals surface area contributed by atoms with E-state index >= 15 is 0 Å². The Balaban J connectivity index is 1.87. The van der Waals surface area contributed by atoms with Crippen molar-refractivity contribution in [3.05, 3.63) is 53.7 Å². The summed E-state index contributed by atoms with van der Waals surface area (Å²) in [6, 6.07) is 10.2. The number of thioether (sulfide) groups is 1. The second kappa shape index (κ2) is 6.61. The largest absolute Gasteiger partial charge is 0.464 e. The summed E-state index contributed by atoms with van der Waals surface area (Å²) in [7, 11) is 1.71. The van der Waals surface area contributed by atoms with Crippen LogP contribution in [-0.4, -0.2) is 23.6 Å². The van der Waals surface area contributed by atoms with Gasteiger partial charge in [0, 0.05) is 11.9 Å². The van der Waals surface area contributed by atoms with Gasteiger partial charge in [0.15, 0.2) is 0 Å². The molecule has 0 saturated carbocycles. The number of rotatable bonds is 5. The van der Waals surface area contributed by atoms with Crippen LogP contribution >= 0.6 is 11.8 Å². The van der Waals surface area contributed by atoms with E-state index in [1.54, 1.807) is 30.1 Å². The smallest absolute Gasteiger partial charge is 0.233 e. The Bertz CT molecular complexity index is 597. The third-order valence-electron chi connectivity index (χ3n) is 2.80. The van der Waals surface area contributed by atoms with Gasteiger partial charge in [-0.1, -0.05) is 12.1 Å². The van der Waals surface area contributed by atoms with Crippen LogP contribution in [0.15, 0.2) is 45.7 Å². The first kappa shape index (κ1) is 14.7. The van der Waals surface area contributed by atoms with Crippen LogP contribution in [-0.2, 0) is 11.3 Å². The SMILES string of the molecule is Cc1ccc(CN(C)C(=O)CSc2ccccc2F)o1. The number of furan rings is 1. The van der Waals surface area contributed by atoms with Gasteiger partial charge in [-0.25, -0.2) is 4.39 Å². The monoisotopic (exact) mass is 293 g/mol. The fraction of sp³-hybridized carbons (Fsp3) is 0.267. The lowest BCUT2D eigenvalue weighted by Crippen LogP contribution is -2.27. The lowest BCUT2D eigenvalue weighted by molar-refractivity contribution is -0.127. The zero-order chi connectivity index (χ0) is 14.5. The van der Waals surface area contributed by atoms with Crippen molar-refractivity contribution in [2.45, 2.75) is 18.4 Å². The van der Waals surface area contributed by atoms with Crippen LogP contribution in [0, 0.1) is 12.7 Å². The summed E-state index contributed by atoms with van der Waals surface area (Å²) >= 11 is 1.20. The van der Waals surface area contributed by atoms with E-state index in [0.29, 0.717) is 11.4 Å². The molecule has 1 amide bonds. The van der Waals surface area contributed by atoms with Crippen LogP contribution in [0.1, 0.15) is 11.5 Å². The standard InChI is InChI=1S/C15H16FNO2S/c1-11-7-8-12(19-11)9-17(2)15(18)10-20-14-6-4-3-5-13(14)16/h3-8H,9-10H2,1-2H3. The van der Waals surface area contributed by atoms with Gasteiger partial charge in [0.1, 0.15) is 17.3 Å². The molecule has 0 bridgehead atoms. The molecule has 0 spiro atoms. The van der Waals surface area contributed by atoms with E-state index in [0.717, 1.165) is 11.5 Å². The highest BCUT2D eigenvalue weighted by Gasteiger charge is 2.12. The quantitative estimate of drug-likeness (QED) is 0.791. The summed E-state index contributed by atoms with van der Waals surface area (Å²) in [6.45, 7) is 2.28. The average molecular weight is 293 g/mol. The number of hydrogen-bond acceptors (Lipinski definition) is 3. The predicted molar refractivity (Wildman–Crippen MR) is 77.0 cm³/mol. The summed E-state index contributed by atoms with van der Waals surface area (Å²) in [6.07, 6.45) is 0. The number of hydrogen-bond donors (Lipinski definition) is 0. The maximum Gasteiger partial charge on any atom is 0.233 e. The predicted octanol–water partition coefficient (Wildman–Crippen LogP) is 3.48. The van der Waals surface area contributed by atoms with Crippen molar-refractivity contribution in [1.29, 1.82) is 0 Å². The normalized spacial score (nSPS) is 10.6. The molecule has 2 rings (SSSR count). The van der Waals surface area contributed by atoms with Crippen LogP contribution in [0.25, 0.3) is 0 Å². The number of carbonyl (C=O) groups excluding carboxylic acids is 1. The van der Waals surface area contributed by atoms with Crippen molar-refractivity contribution in [2.24, 2.45) is 0 Å². The van der Waals surface area contributed by atoms with Crippen molar-refractivity contribution in [2.75, 3.05) is 12.8 Å². The van der Waals surface area contributed by atoms with E-state index in [9.17, 15) is 9.18 Å². The third kappa shape index (κ3) is 3.87. The van der Waals surface area contributed by atoms with Gasteiger partial charge in [-0.05, 0) is 31.2 Å². The highest BCUT2D eigenvalue weighted by atomic mass is 32.2. The Morgan fingerprint density at radius 1 is 1.30 bits per heavy atom. The van der Waals surface area contributed by atoms with Crippen molar-refractivity contribution >= 4 is 17.7 Å². The number of carbonyl (C=O) groups is 1. The van der Waals surface area contributed by atoms with Gasteiger partial charge in [0.2, 0.25) is 5.91 Å². The Kier molecular flexibility index (Phi) is 4.84. The third-order valence-corrected chi connectivity index (χ3v) is 3.84. The lowest BCUT2D eigenvalue weighted by atomic mass is 10.3. The van der Waals surface area contributed by atoms with Gasteiger partial charge >= 0.3 is 0 Å². The summed E-state index contributed by atoms with van der Waals surface area (Å²) in [5, 5.41) is 0. The summed E-state index contributed by atoms with van der Waals surface area (Å²) < 4.78 is 18.9. The average Bonchev–Trinajstić information content (AvgIpc) is 2.82. The van der Waals surface area contributed by atoms with E-state index in [1.807, 2.05) is 19.1 Å². The number of aryl methyl sites for hydroxylation is 1. The van der Waals surface area contributed by atoms with Crippen LogP contribution < -0.4 is 0 Å². The molecule has 0 unspecified atom stereocenters. The van der Waals surface area contributed by atoms with E-state index in [2.05, 4.69) is 0 Å². The zero-order valence-corrected chi connectivity index (χ0v) is 12.2. The molecular weight excluding hydrogens is 277 g/mol. The van der Waals surface area contributed by atoms with Gasteiger partial charge < -0.3 is 9.32 Å². The Morgan fingerprint density at radius 2 is 2.05 bits per heavy atom. The van der Waals surface area contributed by atoms with Gasteiger partial charge in [-0.15, -0.1) is 11.8 Å². The van der Waals surface area contributed by atoms with Gasteiger partial charge in [-0.3, -0.25) is 4.79 Å². The molecule has 0 atom stereocenters. The molecule has 0 aliphatic heterocycles. The maximum absolute atomic E-state index is 13.4. The molecule has 0 saturated heterocycles. The molecule has 3 nitrogen and oxygen atoms in total. The van der Waals surface area contributed by atoms with Crippen molar-refractivity contribution in [3.63, 3.8) is 0 Å². The molecule has 0 radical (unpaired) electrons. The first-order valence-electron chi connectivity index (χ1n) is 6.23. The minimum Gasteiger partial charge on any atom is -0.464 e. The Labute approximate surface area is 121 Å². The lowest BCUT2D eigenvalue weighted by Gasteiger charge is -2.15. The number of nitrogens with zero attached hydrogens (tertiary/aromatic N) is 1. The molecule has 0 fully saturated rings. The van der Waals surface area contributed by atoms with E-state index < -0.39 is 0 Å². The van der Waals surface area contributed by atoms with Crippen molar-refractivity contribution in [1.82, 2.24) is 4.90 Å². The second-order valence-corrected chi connectivity index (χ2v) is 5.50. The molecular formula is C15H16FNO2S. The van der Waals surface area contributed by atoms with Crippen molar-refractivity contribution in [3.8, 4) is 0 Å². The zero-order valence-electron chi connectivity index (χ0n) is 11.4. The molecule has 2 aromatic rings. The van der Waals surface area contributed by atoms with Crippen LogP contribution in [0.2, 0.25) is 0 Å². The topological polar surface area (TPSA) is 33.5 Å². The highest BCUT2D eigenvalue weighted by molar-refractivity contribution is 8.00. The molecule has 0 aliphatic rings. The van der Waals surface area contributed by atoms with E-state index in [-0.39, 0.29) is 17.5 Å². The highest BCUT2D eigenvalue weighted by Crippen LogP contribution is 2.21. The van der Waals surface area contributed by atoms with Crippen LogP contribution in [0.4, 0.5) is 4.39 Å². The number of benzene rings is 1. The molecule has 1 heterocycles. The van der Waals surface area contributed by atoms with Gasteiger partial charge in [0.05, 0.1) is 12.3 Å². The molecule has 20 heavy (non-hydrogen) atoms. The molecule has 1 aromatic heterocycles. The summed E-state index contributed by atoms with van der Waals surface area (Å²) in [5.41, 5.74) is 0. The van der Waals surface area contributed by atoms with Crippen LogP contribution in [0.3, 0.4) is 0 Å². The molecule has 106 valence electrons. The first-order chi connectivity index (χ1) is 9.56. The first-order valence-corrected chi connectivity index (χ1v) is 7.21. The van der Waals surface area contributed by atoms with E-state index in [4.69, 9.17) is 4.42 Å². The Hall–Kier alpha value is -1.75. The molecule has 0 N–H and O–H groups in total. The number of amides is 1.